The Balaban J connectivity index is 4.06. The van der Waals surface area contributed by atoms with Crippen LogP contribution in [0.3, 0.4) is 0 Å². The van der Waals surface area contributed by atoms with Crippen LogP contribution in [-0.4, -0.2) is 36.6 Å². The zero-order valence-corrected chi connectivity index (χ0v) is 11.3. The second-order valence-electron chi connectivity index (χ2n) is 4.41. The topological polar surface area (TPSA) is 43.1 Å². The van der Waals surface area contributed by atoms with Crippen molar-refractivity contribution in [2.24, 2.45) is 5.73 Å². The zero-order chi connectivity index (χ0) is 12.6. The van der Waals surface area contributed by atoms with E-state index in [1.165, 1.54) is 30.7 Å². The van der Waals surface area contributed by atoms with Crippen molar-refractivity contribution < 1.29 is 9.28 Å². The Morgan fingerprint density at radius 2 is 1.69 bits per heavy atom. The van der Waals surface area contributed by atoms with Crippen LogP contribution in [0.1, 0.15) is 40.5 Å². The van der Waals surface area contributed by atoms with Gasteiger partial charge >= 0.3 is 0 Å². The van der Waals surface area contributed by atoms with Crippen LogP contribution in [0.5, 0.6) is 0 Å². The second kappa shape index (κ2) is 7.44. The fourth-order valence-electron chi connectivity index (χ4n) is 1.99. The zero-order valence-electron chi connectivity index (χ0n) is 11.3. The van der Waals surface area contributed by atoms with Crippen LogP contribution in [0.25, 0.3) is 0 Å². The van der Waals surface area contributed by atoms with Crippen LogP contribution >= 0.6 is 0 Å². The lowest BCUT2D eigenvalue weighted by atomic mass is 10.2. The van der Waals surface area contributed by atoms with Gasteiger partial charge in [-0.25, -0.2) is 0 Å². The van der Waals surface area contributed by atoms with Crippen molar-refractivity contribution in [3.8, 4) is 0 Å². The van der Waals surface area contributed by atoms with Crippen LogP contribution in [0, 0.1) is 0 Å². The molecule has 0 atom stereocenters. The van der Waals surface area contributed by atoms with Crippen LogP contribution < -0.4 is 5.73 Å². The number of carbonyl (C=O) groups is 1. The maximum Gasteiger partial charge on any atom is 0.244 e. The molecular formula is C13H27N2O+. The Bertz CT molecular complexity index is 234. The van der Waals surface area contributed by atoms with Gasteiger partial charge in [0.25, 0.3) is 0 Å². The molecule has 3 heteroatoms. The molecule has 0 aliphatic rings. The number of carbonyl (C=O) groups excluding carboxylic acids is 1. The average molecular weight is 227 g/mol. The molecule has 0 unspecified atom stereocenters. The average Bonchev–Trinajstić information content (AvgIpc) is 2.30. The van der Waals surface area contributed by atoms with Crippen molar-refractivity contribution in [1.82, 2.24) is 0 Å². The number of amides is 1. The van der Waals surface area contributed by atoms with E-state index in [0.29, 0.717) is 5.57 Å². The number of rotatable bonds is 8. The van der Waals surface area contributed by atoms with E-state index in [0.717, 1.165) is 12.8 Å². The maximum absolute atomic E-state index is 10.8. The minimum Gasteiger partial charge on any atom is -0.366 e. The first-order valence-corrected chi connectivity index (χ1v) is 6.33. The van der Waals surface area contributed by atoms with Gasteiger partial charge in [0.05, 0.1) is 26.2 Å². The number of nitrogens with zero attached hydrogens (tertiary/aromatic N) is 1. The molecule has 0 heterocycles. The number of quaternary nitrogens is 1. The van der Waals surface area contributed by atoms with Gasteiger partial charge in [-0.05, 0) is 34.1 Å². The normalized spacial score (nSPS) is 12.9. The summed E-state index contributed by atoms with van der Waals surface area (Å²) < 4.78 is 1.17. The van der Waals surface area contributed by atoms with E-state index in [2.05, 4.69) is 20.8 Å². The Morgan fingerprint density at radius 3 is 2.06 bits per heavy atom. The Labute approximate surface area is 99.9 Å². The molecule has 16 heavy (non-hydrogen) atoms. The highest BCUT2D eigenvalue weighted by atomic mass is 16.1. The van der Waals surface area contributed by atoms with Gasteiger partial charge in [-0.3, -0.25) is 4.79 Å². The molecule has 0 aliphatic carbocycles. The third kappa shape index (κ3) is 4.79. The number of allylic oxidation sites excluding steroid dienone is 1. The number of nitrogens with two attached hydrogens (primary N) is 1. The minimum atomic E-state index is -0.303. The van der Waals surface area contributed by atoms with Gasteiger partial charge in [-0.2, -0.15) is 0 Å². The summed E-state index contributed by atoms with van der Waals surface area (Å²) in [6.07, 6.45) is 4.03. The van der Waals surface area contributed by atoms with Crippen molar-refractivity contribution >= 4 is 5.91 Å². The number of hydrogen-bond donors (Lipinski definition) is 1. The summed E-state index contributed by atoms with van der Waals surface area (Å²) >= 11 is 0. The molecule has 1 amide bonds. The van der Waals surface area contributed by atoms with Gasteiger partial charge in [0, 0.05) is 12.0 Å². The summed E-state index contributed by atoms with van der Waals surface area (Å²) in [5, 5.41) is 0. The highest BCUT2D eigenvalue weighted by Crippen LogP contribution is 2.09. The second-order valence-corrected chi connectivity index (χ2v) is 4.41. The van der Waals surface area contributed by atoms with E-state index in [-0.39, 0.29) is 5.91 Å². The highest BCUT2D eigenvalue weighted by Gasteiger charge is 2.19. The van der Waals surface area contributed by atoms with E-state index in [4.69, 9.17) is 5.73 Å². The number of unbranched alkanes of at least 4 members (excludes halogenated alkanes) is 1. The molecule has 0 bridgehead atoms. The molecule has 0 saturated heterocycles. The fourth-order valence-corrected chi connectivity index (χ4v) is 1.99. The molecule has 0 saturated carbocycles. The summed E-state index contributed by atoms with van der Waals surface area (Å²) in [6, 6.07) is 0. The van der Waals surface area contributed by atoms with Crippen molar-refractivity contribution in [2.75, 3.05) is 26.2 Å². The van der Waals surface area contributed by atoms with Gasteiger partial charge in [0.1, 0.15) is 0 Å². The van der Waals surface area contributed by atoms with Gasteiger partial charge in [-0.15, -0.1) is 0 Å². The standard InChI is InChI=1S/C13H26N2O/c1-5-15(6-2,7-3)11-9-8-10-12(4)13(14)16/h10H,5-9,11H2,1-4H3,(H-,14,16)/p+1. The summed E-state index contributed by atoms with van der Waals surface area (Å²) in [7, 11) is 0. The molecule has 0 fully saturated rings. The molecule has 3 nitrogen and oxygen atoms in total. The Kier molecular flexibility index (Phi) is 7.06. The van der Waals surface area contributed by atoms with E-state index in [1.807, 2.05) is 6.08 Å². The van der Waals surface area contributed by atoms with Crippen LogP contribution in [-0.2, 0) is 4.79 Å². The Hall–Kier alpha value is -0.830. The van der Waals surface area contributed by atoms with Gasteiger partial charge in [0.15, 0.2) is 0 Å². The summed E-state index contributed by atoms with van der Waals surface area (Å²) in [4.78, 5) is 10.8. The molecule has 0 spiro atoms. The lowest BCUT2D eigenvalue weighted by Gasteiger charge is -2.35. The molecule has 0 aromatic rings. The molecule has 2 N–H and O–H groups in total. The summed E-state index contributed by atoms with van der Waals surface area (Å²) in [6.45, 7) is 13.3. The van der Waals surface area contributed by atoms with E-state index in [1.54, 1.807) is 6.92 Å². The summed E-state index contributed by atoms with van der Waals surface area (Å²) in [5.41, 5.74) is 5.85. The number of primary amides is 1. The van der Waals surface area contributed by atoms with Gasteiger partial charge in [-0.1, -0.05) is 6.08 Å². The molecule has 0 radical (unpaired) electrons. The SMILES string of the molecule is CC[N+](CC)(CC)CCCC=C(C)C(N)=O. The van der Waals surface area contributed by atoms with Gasteiger partial charge in [0.2, 0.25) is 5.91 Å². The largest absolute Gasteiger partial charge is 0.366 e. The third-order valence-corrected chi connectivity index (χ3v) is 3.69. The van der Waals surface area contributed by atoms with E-state index >= 15 is 0 Å². The van der Waals surface area contributed by atoms with Crippen molar-refractivity contribution in [1.29, 1.82) is 0 Å². The molecule has 0 aromatic carbocycles. The lowest BCUT2D eigenvalue weighted by Crippen LogP contribution is -2.48. The molecular weight excluding hydrogens is 200 g/mol. The van der Waals surface area contributed by atoms with Gasteiger partial charge < -0.3 is 10.2 Å². The fraction of sp³-hybridized carbons (Fsp3) is 0.769. The first-order valence-electron chi connectivity index (χ1n) is 6.33. The lowest BCUT2D eigenvalue weighted by molar-refractivity contribution is -0.923. The molecule has 0 rings (SSSR count). The minimum absolute atomic E-state index is 0.303. The smallest absolute Gasteiger partial charge is 0.244 e. The van der Waals surface area contributed by atoms with E-state index < -0.39 is 0 Å². The molecule has 0 aliphatic heterocycles. The van der Waals surface area contributed by atoms with Crippen LogP contribution in [0.15, 0.2) is 11.6 Å². The van der Waals surface area contributed by atoms with Crippen molar-refractivity contribution in [3.05, 3.63) is 11.6 Å². The van der Waals surface area contributed by atoms with Crippen LogP contribution in [0.2, 0.25) is 0 Å². The highest BCUT2D eigenvalue weighted by molar-refractivity contribution is 5.91. The first-order chi connectivity index (χ1) is 7.51. The molecule has 0 aromatic heterocycles. The number of hydrogen-bond acceptors (Lipinski definition) is 1. The Morgan fingerprint density at radius 1 is 1.19 bits per heavy atom. The maximum atomic E-state index is 10.8. The van der Waals surface area contributed by atoms with Crippen LogP contribution in [0.4, 0.5) is 0 Å². The van der Waals surface area contributed by atoms with Crippen molar-refractivity contribution in [2.45, 2.75) is 40.5 Å². The monoisotopic (exact) mass is 227 g/mol. The summed E-state index contributed by atoms with van der Waals surface area (Å²) in [5.74, 6) is -0.303. The molecule has 94 valence electrons. The first kappa shape index (κ1) is 15.2. The quantitative estimate of drug-likeness (QED) is 0.385. The third-order valence-electron chi connectivity index (χ3n) is 3.69. The predicted molar refractivity (Wildman–Crippen MR) is 68.9 cm³/mol. The predicted octanol–water partition coefficient (Wildman–Crippen LogP) is 2.07. The van der Waals surface area contributed by atoms with Crippen molar-refractivity contribution in [3.63, 3.8) is 0 Å². The van der Waals surface area contributed by atoms with E-state index in [9.17, 15) is 4.79 Å².